The molecule has 2 aromatic carbocycles. The van der Waals surface area contributed by atoms with Gasteiger partial charge in [0.05, 0.1) is 26.6 Å². The molecular formula is C23H25ClN4O4S2. The SMILES string of the molecule is CCOc1ccc2nc(N(CCCN(C)C)C(=O)c3cc4cc([N+](=O)[O-])ccc4s3)sc2c1.Cl. The monoisotopic (exact) mass is 520 g/mol. The maximum atomic E-state index is 13.6. The Hall–Kier alpha value is -2.79. The smallest absolute Gasteiger partial charge is 0.270 e. The van der Waals surface area contributed by atoms with Gasteiger partial charge in [0.15, 0.2) is 5.13 Å². The van der Waals surface area contributed by atoms with Crippen molar-refractivity contribution in [3.63, 3.8) is 0 Å². The number of carbonyl (C=O) groups excluding carboxylic acids is 1. The van der Waals surface area contributed by atoms with Gasteiger partial charge < -0.3 is 9.64 Å². The first-order valence-corrected chi connectivity index (χ1v) is 12.2. The Kier molecular flexibility index (Phi) is 8.42. The lowest BCUT2D eigenvalue weighted by atomic mass is 10.2. The fourth-order valence-electron chi connectivity index (χ4n) is 3.48. The van der Waals surface area contributed by atoms with Gasteiger partial charge in [-0.1, -0.05) is 11.3 Å². The number of aromatic nitrogens is 1. The molecule has 0 aliphatic heterocycles. The van der Waals surface area contributed by atoms with Crippen molar-refractivity contribution in [2.45, 2.75) is 13.3 Å². The van der Waals surface area contributed by atoms with Gasteiger partial charge in [-0.05, 0) is 64.3 Å². The molecule has 34 heavy (non-hydrogen) atoms. The average molecular weight is 521 g/mol. The summed E-state index contributed by atoms with van der Waals surface area (Å²) in [6.07, 6.45) is 0.787. The van der Waals surface area contributed by atoms with E-state index in [-0.39, 0.29) is 24.0 Å². The number of thiazole rings is 1. The number of nitro benzene ring substituents is 1. The van der Waals surface area contributed by atoms with Crippen molar-refractivity contribution in [1.29, 1.82) is 0 Å². The number of thiophene rings is 1. The number of ether oxygens (including phenoxy) is 1. The highest BCUT2D eigenvalue weighted by Crippen LogP contribution is 2.35. The van der Waals surface area contributed by atoms with Crippen molar-refractivity contribution < 1.29 is 14.5 Å². The Morgan fingerprint density at radius 3 is 2.59 bits per heavy atom. The van der Waals surface area contributed by atoms with Crippen molar-refractivity contribution in [3.8, 4) is 5.75 Å². The summed E-state index contributed by atoms with van der Waals surface area (Å²) in [7, 11) is 4.00. The largest absolute Gasteiger partial charge is 0.494 e. The van der Waals surface area contributed by atoms with Crippen molar-refractivity contribution in [3.05, 3.63) is 57.5 Å². The summed E-state index contributed by atoms with van der Waals surface area (Å²) in [6, 6.07) is 12.1. The summed E-state index contributed by atoms with van der Waals surface area (Å²) < 4.78 is 7.39. The number of halogens is 1. The number of hydrogen-bond acceptors (Lipinski definition) is 8. The maximum absolute atomic E-state index is 13.6. The normalized spacial score (nSPS) is 11.1. The van der Waals surface area contributed by atoms with Gasteiger partial charge in [0.2, 0.25) is 0 Å². The van der Waals surface area contributed by atoms with Crippen LogP contribution in [0.3, 0.4) is 0 Å². The van der Waals surface area contributed by atoms with E-state index in [0.717, 1.165) is 33.6 Å². The zero-order chi connectivity index (χ0) is 23.5. The minimum Gasteiger partial charge on any atom is -0.494 e. The van der Waals surface area contributed by atoms with Crippen LogP contribution in [0.2, 0.25) is 0 Å². The molecule has 0 N–H and O–H groups in total. The molecule has 0 unspecified atom stereocenters. The molecule has 1 amide bonds. The first kappa shape index (κ1) is 25.8. The summed E-state index contributed by atoms with van der Waals surface area (Å²) in [5.74, 6) is 0.624. The topological polar surface area (TPSA) is 88.8 Å². The molecular weight excluding hydrogens is 496 g/mol. The molecule has 2 heterocycles. The Balaban J connectivity index is 0.00000324. The molecule has 0 bridgehead atoms. The Labute approximate surface area is 211 Å². The second-order valence-electron chi connectivity index (χ2n) is 7.76. The van der Waals surface area contributed by atoms with Crippen molar-refractivity contribution in [2.75, 3.05) is 38.7 Å². The number of non-ortho nitro benzene ring substituents is 1. The summed E-state index contributed by atoms with van der Waals surface area (Å²) in [5, 5.41) is 12.4. The van der Waals surface area contributed by atoms with Crippen LogP contribution in [0.4, 0.5) is 10.8 Å². The number of fused-ring (bicyclic) bond motifs is 2. The van der Waals surface area contributed by atoms with Crippen LogP contribution in [0.15, 0.2) is 42.5 Å². The highest BCUT2D eigenvalue weighted by atomic mass is 35.5. The molecule has 2 aromatic heterocycles. The first-order valence-electron chi connectivity index (χ1n) is 10.5. The van der Waals surface area contributed by atoms with Crippen LogP contribution in [-0.2, 0) is 0 Å². The second kappa shape index (κ2) is 11.1. The third-order valence-corrected chi connectivity index (χ3v) is 7.19. The van der Waals surface area contributed by atoms with E-state index in [9.17, 15) is 14.9 Å². The molecule has 0 aliphatic carbocycles. The number of hydrogen-bond donors (Lipinski definition) is 0. The van der Waals surface area contributed by atoms with Crippen LogP contribution in [0.5, 0.6) is 5.75 Å². The number of amides is 1. The van der Waals surface area contributed by atoms with Crippen LogP contribution in [-0.4, -0.2) is 54.5 Å². The van der Waals surface area contributed by atoms with Gasteiger partial charge in [-0.25, -0.2) is 4.98 Å². The number of anilines is 1. The molecule has 11 heteroatoms. The van der Waals surface area contributed by atoms with Crippen LogP contribution in [0, 0.1) is 10.1 Å². The van der Waals surface area contributed by atoms with E-state index in [1.807, 2.05) is 39.2 Å². The Morgan fingerprint density at radius 1 is 1.09 bits per heavy atom. The molecule has 8 nitrogen and oxygen atoms in total. The summed E-state index contributed by atoms with van der Waals surface area (Å²) >= 11 is 2.79. The standard InChI is InChI=1S/C23H24N4O4S2.ClH/c1-4-31-17-7-8-18-20(14-17)33-23(24-18)26(11-5-10-25(2)3)22(28)21-13-15-12-16(27(29)30)6-9-19(15)32-21;/h6-9,12-14H,4-5,10-11H2,1-3H3;1H. The molecule has 0 radical (unpaired) electrons. The minimum absolute atomic E-state index is 0. The minimum atomic E-state index is -0.427. The summed E-state index contributed by atoms with van der Waals surface area (Å²) in [5.41, 5.74) is 0.828. The van der Waals surface area contributed by atoms with Crippen molar-refractivity contribution >= 4 is 72.1 Å². The molecule has 0 fully saturated rings. The molecule has 180 valence electrons. The lowest BCUT2D eigenvalue weighted by Gasteiger charge is -2.20. The van der Waals surface area contributed by atoms with Crippen LogP contribution in [0.1, 0.15) is 23.0 Å². The zero-order valence-corrected chi connectivity index (χ0v) is 21.5. The third-order valence-electron chi connectivity index (χ3n) is 5.04. The molecule has 0 spiro atoms. The Morgan fingerprint density at radius 2 is 1.88 bits per heavy atom. The second-order valence-corrected chi connectivity index (χ2v) is 9.86. The predicted octanol–water partition coefficient (Wildman–Crippen LogP) is 5.84. The van der Waals surface area contributed by atoms with E-state index in [1.54, 1.807) is 17.0 Å². The van der Waals surface area contributed by atoms with Crippen LogP contribution < -0.4 is 9.64 Å². The highest BCUT2D eigenvalue weighted by Gasteiger charge is 2.23. The maximum Gasteiger partial charge on any atom is 0.270 e. The number of nitro groups is 1. The zero-order valence-electron chi connectivity index (χ0n) is 19.0. The Bertz CT molecular complexity index is 1320. The number of benzene rings is 2. The lowest BCUT2D eigenvalue weighted by molar-refractivity contribution is -0.384. The molecule has 4 aromatic rings. The van der Waals surface area contributed by atoms with E-state index in [2.05, 4.69) is 4.90 Å². The van der Waals surface area contributed by atoms with Crippen molar-refractivity contribution in [1.82, 2.24) is 9.88 Å². The number of carbonyl (C=O) groups is 1. The number of nitrogens with zero attached hydrogens (tertiary/aromatic N) is 4. The highest BCUT2D eigenvalue weighted by molar-refractivity contribution is 7.23. The van der Waals surface area contributed by atoms with Crippen molar-refractivity contribution in [2.24, 2.45) is 0 Å². The van der Waals surface area contributed by atoms with Gasteiger partial charge >= 0.3 is 0 Å². The molecule has 0 saturated heterocycles. The van der Waals surface area contributed by atoms with E-state index in [4.69, 9.17) is 9.72 Å². The average Bonchev–Trinajstić information content (AvgIpc) is 3.39. The van der Waals surface area contributed by atoms with Gasteiger partial charge in [0, 0.05) is 28.8 Å². The van der Waals surface area contributed by atoms with E-state index in [1.165, 1.54) is 34.8 Å². The predicted molar refractivity (Wildman–Crippen MR) is 141 cm³/mol. The lowest BCUT2D eigenvalue weighted by Crippen LogP contribution is -2.32. The van der Waals surface area contributed by atoms with Gasteiger partial charge in [-0.15, -0.1) is 23.7 Å². The van der Waals surface area contributed by atoms with E-state index in [0.29, 0.717) is 28.5 Å². The molecule has 0 atom stereocenters. The quantitative estimate of drug-likeness (QED) is 0.203. The molecule has 4 rings (SSSR count). The van der Waals surface area contributed by atoms with Gasteiger partial charge in [0.1, 0.15) is 5.75 Å². The third kappa shape index (κ3) is 5.64. The fourth-order valence-corrected chi connectivity index (χ4v) is 5.49. The van der Waals surface area contributed by atoms with Gasteiger partial charge in [0.25, 0.3) is 11.6 Å². The van der Waals surface area contributed by atoms with E-state index >= 15 is 0 Å². The van der Waals surface area contributed by atoms with Crippen LogP contribution >= 0.6 is 35.1 Å². The summed E-state index contributed by atoms with van der Waals surface area (Å²) in [4.78, 5) is 33.3. The fraction of sp³-hybridized carbons (Fsp3) is 0.304. The molecule has 0 aliphatic rings. The van der Waals surface area contributed by atoms with Gasteiger partial charge in [-0.3, -0.25) is 19.8 Å². The van der Waals surface area contributed by atoms with E-state index < -0.39 is 4.92 Å². The van der Waals surface area contributed by atoms with Crippen LogP contribution in [0.25, 0.3) is 20.3 Å². The first-order chi connectivity index (χ1) is 15.9. The summed E-state index contributed by atoms with van der Waals surface area (Å²) in [6.45, 7) is 3.87. The van der Waals surface area contributed by atoms with Gasteiger partial charge in [-0.2, -0.15) is 0 Å². The number of rotatable bonds is 9. The molecule has 0 saturated carbocycles.